The molecule has 0 spiro atoms. The average molecular weight is 195 g/mol. The number of hydrogen-bond acceptors (Lipinski definition) is 2. The van der Waals surface area contributed by atoms with Gasteiger partial charge in [-0.15, -0.1) is 0 Å². The van der Waals surface area contributed by atoms with Gasteiger partial charge in [-0.3, -0.25) is 0 Å². The van der Waals surface area contributed by atoms with Gasteiger partial charge in [0.1, 0.15) is 0 Å². The maximum absolute atomic E-state index is 5.51. The summed E-state index contributed by atoms with van der Waals surface area (Å²) in [6.45, 7) is 7.39. The van der Waals surface area contributed by atoms with E-state index in [2.05, 4.69) is 25.2 Å². The Morgan fingerprint density at radius 3 is 3.00 bits per heavy atom. The van der Waals surface area contributed by atoms with Crippen LogP contribution in [0.2, 0.25) is 0 Å². The van der Waals surface area contributed by atoms with E-state index >= 15 is 0 Å². The number of hydrogen-bond donors (Lipinski definition) is 1. The SMILES string of the molecule is CC1(C)COCC1NCC1=CCCC1. The molecular formula is C12H21NO. The summed E-state index contributed by atoms with van der Waals surface area (Å²) in [7, 11) is 0. The lowest BCUT2D eigenvalue weighted by molar-refractivity contribution is 0.166. The van der Waals surface area contributed by atoms with Crippen LogP contribution in [0.5, 0.6) is 0 Å². The van der Waals surface area contributed by atoms with Crippen LogP contribution in [0.3, 0.4) is 0 Å². The van der Waals surface area contributed by atoms with Gasteiger partial charge < -0.3 is 10.1 Å². The lowest BCUT2D eigenvalue weighted by Crippen LogP contribution is -2.41. The Bertz CT molecular complexity index is 232. The average Bonchev–Trinajstić information content (AvgIpc) is 2.71. The Labute approximate surface area is 86.7 Å². The topological polar surface area (TPSA) is 21.3 Å². The van der Waals surface area contributed by atoms with E-state index in [4.69, 9.17) is 4.74 Å². The van der Waals surface area contributed by atoms with Gasteiger partial charge in [0.2, 0.25) is 0 Å². The third kappa shape index (κ3) is 2.18. The van der Waals surface area contributed by atoms with Crippen molar-refractivity contribution < 1.29 is 4.74 Å². The lowest BCUT2D eigenvalue weighted by Gasteiger charge is -2.25. The molecule has 1 aliphatic carbocycles. The third-order valence-corrected chi connectivity index (χ3v) is 3.41. The zero-order valence-electron chi connectivity index (χ0n) is 9.31. The van der Waals surface area contributed by atoms with Gasteiger partial charge in [-0.05, 0) is 19.3 Å². The van der Waals surface area contributed by atoms with Crippen LogP contribution in [0.4, 0.5) is 0 Å². The molecule has 1 atom stereocenters. The fourth-order valence-electron chi connectivity index (χ4n) is 2.25. The molecule has 14 heavy (non-hydrogen) atoms. The van der Waals surface area contributed by atoms with Gasteiger partial charge in [-0.1, -0.05) is 25.5 Å². The van der Waals surface area contributed by atoms with Gasteiger partial charge in [-0.2, -0.15) is 0 Å². The van der Waals surface area contributed by atoms with Crippen LogP contribution in [0.1, 0.15) is 33.1 Å². The predicted molar refractivity (Wildman–Crippen MR) is 58.3 cm³/mol. The minimum Gasteiger partial charge on any atom is -0.379 e. The van der Waals surface area contributed by atoms with E-state index < -0.39 is 0 Å². The predicted octanol–water partition coefficient (Wildman–Crippen LogP) is 2.11. The first-order valence-corrected chi connectivity index (χ1v) is 5.67. The molecule has 1 saturated heterocycles. The van der Waals surface area contributed by atoms with Crippen LogP contribution >= 0.6 is 0 Å². The number of allylic oxidation sites excluding steroid dienone is 1. The van der Waals surface area contributed by atoms with Crippen molar-refractivity contribution in [3.8, 4) is 0 Å². The minimum absolute atomic E-state index is 0.305. The highest BCUT2D eigenvalue weighted by molar-refractivity contribution is 5.10. The van der Waals surface area contributed by atoms with Crippen molar-refractivity contribution in [1.29, 1.82) is 0 Å². The van der Waals surface area contributed by atoms with E-state index in [1.54, 1.807) is 5.57 Å². The van der Waals surface area contributed by atoms with Crippen LogP contribution in [-0.4, -0.2) is 25.8 Å². The standard InChI is InChI=1S/C12H21NO/c1-12(2)9-14-8-11(12)13-7-10-5-3-4-6-10/h5,11,13H,3-4,6-9H2,1-2H3. The summed E-state index contributed by atoms with van der Waals surface area (Å²) in [5.41, 5.74) is 1.90. The molecule has 0 aromatic carbocycles. The quantitative estimate of drug-likeness (QED) is 0.696. The summed E-state index contributed by atoms with van der Waals surface area (Å²) in [4.78, 5) is 0. The van der Waals surface area contributed by atoms with Crippen LogP contribution in [0.25, 0.3) is 0 Å². The molecule has 80 valence electrons. The largest absolute Gasteiger partial charge is 0.379 e. The van der Waals surface area contributed by atoms with Crippen LogP contribution in [0, 0.1) is 5.41 Å². The number of ether oxygens (including phenoxy) is 1. The Hall–Kier alpha value is -0.340. The van der Waals surface area contributed by atoms with Crippen LogP contribution in [0.15, 0.2) is 11.6 Å². The van der Waals surface area contributed by atoms with E-state index in [-0.39, 0.29) is 0 Å². The number of rotatable bonds is 3. The maximum atomic E-state index is 5.51. The lowest BCUT2D eigenvalue weighted by atomic mass is 9.88. The molecule has 0 radical (unpaired) electrons. The van der Waals surface area contributed by atoms with Crippen molar-refractivity contribution in [3.05, 3.63) is 11.6 Å². The molecule has 2 nitrogen and oxygen atoms in total. The second-order valence-electron chi connectivity index (χ2n) is 5.19. The van der Waals surface area contributed by atoms with E-state index in [1.165, 1.54) is 19.3 Å². The van der Waals surface area contributed by atoms with E-state index in [0.717, 1.165) is 19.8 Å². The summed E-state index contributed by atoms with van der Waals surface area (Å²) in [5.74, 6) is 0. The minimum atomic E-state index is 0.305. The summed E-state index contributed by atoms with van der Waals surface area (Å²) in [6.07, 6.45) is 6.31. The molecule has 0 bridgehead atoms. The van der Waals surface area contributed by atoms with Gasteiger partial charge >= 0.3 is 0 Å². The van der Waals surface area contributed by atoms with Gasteiger partial charge in [-0.25, -0.2) is 0 Å². The molecular weight excluding hydrogens is 174 g/mol. The Kier molecular flexibility index (Phi) is 2.93. The van der Waals surface area contributed by atoms with Crippen molar-refractivity contribution in [2.75, 3.05) is 19.8 Å². The molecule has 1 heterocycles. The molecule has 2 aliphatic rings. The first kappa shape index (κ1) is 10.2. The second-order valence-corrected chi connectivity index (χ2v) is 5.19. The molecule has 1 fully saturated rings. The van der Waals surface area contributed by atoms with Gasteiger partial charge in [0.25, 0.3) is 0 Å². The van der Waals surface area contributed by atoms with E-state index in [0.29, 0.717) is 11.5 Å². The Balaban J connectivity index is 1.80. The summed E-state index contributed by atoms with van der Waals surface area (Å²) in [6, 6.07) is 0.531. The normalized spacial score (nSPS) is 30.7. The third-order valence-electron chi connectivity index (χ3n) is 3.41. The zero-order chi connectivity index (χ0) is 10.0. The first-order chi connectivity index (χ1) is 6.68. The van der Waals surface area contributed by atoms with Crippen LogP contribution < -0.4 is 5.32 Å². The molecule has 0 aromatic heterocycles. The monoisotopic (exact) mass is 195 g/mol. The highest BCUT2D eigenvalue weighted by atomic mass is 16.5. The van der Waals surface area contributed by atoms with Gasteiger partial charge in [0.15, 0.2) is 0 Å². The summed E-state index contributed by atoms with van der Waals surface area (Å²) in [5, 5.41) is 3.62. The Morgan fingerprint density at radius 1 is 1.57 bits per heavy atom. The molecule has 1 N–H and O–H groups in total. The molecule has 1 aliphatic heterocycles. The van der Waals surface area contributed by atoms with Gasteiger partial charge in [0.05, 0.1) is 13.2 Å². The zero-order valence-corrected chi connectivity index (χ0v) is 9.31. The maximum Gasteiger partial charge on any atom is 0.0626 e. The number of nitrogens with one attached hydrogen (secondary N) is 1. The van der Waals surface area contributed by atoms with Crippen LogP contribution in [-0.2, 0) is 4.74 Å². The molecule has 2 heteroatoms. The van der Waals surface area contributed by atoms with Crippen molar-refractivity contribution in [2.24, 2.45) is 5.41 Å². The van der Waals surface area contributed by atoms with E-state index in [1.807, 2.05) is 0 Å². The fourth-order valence-corrected chi connectivity index (χ4v) is 2.25. The second kappa shape index (κ2) is 4.03. The summed E-state index contributed by atoms with van der Waals surface area (Å²) < 4.78 is 5.51. The molecule has 0 saturated carbocycles. The highest BCUT2D eigenvalue weighted by Gasteiger charge is 2.35. The molecule has 2 rings (SSSR count). The fraction of sp³-hybridized carbons (Fsp3) is 0.833. The smallest absolute Gasteiger partial charge is 0.0626 e. The molecule has 1 unspecified atom stereocenters. The van der Waals surface area contributed by atoms with Crippen molar-refractivity contribution >= 4 is 0 Å². The van der Waals surface area contributed by atoms with Gasteiger partial charge in [0, 0.05) is 18.0 Å². The molecule has 0 amide bonds. The highest BCUT2D eigenvalue weighted by Crippen LogP contribution is 2.27. The van der Waals surface area contributed by atoms with Crippen molar-refractivity contribution in [2.45, 2.75) is 39.2 Å². The molecule has 0 aromatic rings. The van der Waals surface area contributed by atoms with Crippen molar-refractivity contribution in [1.82, 2.24) is 5.32 Å². The summed E-state index contributed by atoms with van der Waals surface area (Å²) >= 11 is 0. The Morgan fingerprint density at radius 2 is 2.43 bits per heavy atom. The van der Waals surface area contributed by atoms with E-state index in [9.17, 15) is 0 Å². The first-order valence-electron chi connectivity index (χ1n) is 5.67. The van der Waals surface area contributed by atoms with Crippen molar-refractivity contribution in [3.63, 3.8) is 0 Å².